The lowest BCUT2D eigenvalue weighted by atomic mass is 10.3. The predicted molar refractivity (Wildman–Crippen MR) is 135 cm³/mol. The summed E-state index contributed by atoms with van der Waals surface area (Å²) in [5, 5.41) is 3.14. The van der Waals surface area contributed by atoms with Gasteiger partial charge < -0.3 is 24.4 Å². The van der Waals surface area contributed by atoms with E-state index in [0.717, 1.165) is 30.4 Å². The van der Waals surface area contributed by atoms with Crippen molar-refractivity contribution >= 4 is 33.2 Å². The van der Waals surface area contributed by atoms with Crippen LogP contribution in [0.2, 0.25) is 5.02 Å². The summed E-state index contributed by atoms with van der Waals surface area (Å²) in [4.78, 5) is 15.1. The lowest BCUT2D eigenvalue weighted by Gasteiger charge is -2.26. The Hall–Kier alpha value is -2.69. The highest BCUT2D eigenvalue weighted by atomic mass is 35.5. The van der Waals surface area contributed by atoms with Crippen LogP contribution in [-0.4, -0.2) is 73.3 Å². The number of likely N-dealkylation sites (tertiary alicyclic amines) is 1. The third-order valence-corrected chi connectivity index (χ3v) is 7.80. The van der Waals surface area contributed by atoms with Crippen LogP contribution in [0.1, 0.15) is 19.3 Å². The quantitative estimate of drug-likeness (QED) is 0.425. The molecular formula is C24H32ClN3O6S. The van der Waals surface area contributed by atoms with Gasteiger partial charge in [0.25, 0.3) is 10.0 Å². The van der Waals surface area contributed by atoms with Gasteiger partial charge in [0.05, 0.1) is 31.9 Å². The van der Waals surface area contributed by atoms with Crippen molar-refractivity contribution in [2.45, 2.75) is 24.2 Å². The van der Waals surface area contributed by atoms with E-state index in [1.165, 1.54) is 58.4 Å². The van der Waals surface area contributed by atoms with Crippen molar-refractivity contribution in [2.24, 2.45) is 0 Å². The van der Waals surface area contributed by atoms with Gasteiger partial charge in [-0.05, 0) is 69.2 Å². The molecule has 1 N–H and O–H groups in total. The number of carbonyl (C=O) groups is 1. The van der Waals surface area contributed by atoms with Crippen LogP contribution in [0.5, 0.6) is 17.2 Å². The minimum absolute atomic E-state index is 0.0704. The summed E-state index contributed by atoms with van der Waals surface area (Å²) in [5.41, 5.74) is 0.155. The first-order valence-corrected chi connectivity index (χ1v) is 13.2. The fraction of sp³-hybridized carbons (Fsp3) is 0.458. The number of hydrogen-bond donors (Lipinski definition) is 1. The standard InChI is InChI=1S/C24H32ClN3O6S/c1-32-21-9-7-18(25)15-20(21)28(17-24(29)26-11-6-14-27-12-4-5-13-27)35(30,31)19-8-10-22(33-2)23(16-19)34-3/h7-10,15-16H,4-6,11-14,17H2,1-3H3,(H,26,29). The summed E-state index contributed by atoms with van der Waals surface area (Å²) >= 11 is 6.18. The Bertz CT molecular complexity index is 1120. The molecule has 0 radical (unpaired) electrons. The number of amides is 1. The van der Waals surface area contributed by atoms with Crippen LogP contribution in [0, 0.1) is 0 Å². The van der Waals surface area contributed by atoms with Crippen molar-refractivity contribution in [1.82, 2.24) is 10.2 Å². The fourth-order valence-corrected chi connectivity index (χ4v) is 5.59. The van der Waals surface area contributed by atoms with Gasteiger partial charge in [-0.25, -0.2) is 8.42 Å². The summed E-state index contributed by atoms with van der Waals surface area (Å²) in [5.74, 6) is 0.463. The topological polar surface area (TPSA) is 97.4 Å². The van der Waals surface area contributed by atoms with Gasteiger partial charge in [-0.1, -0.05) is 11.6 Å². The molecule has 35 heavy (non-hydrogen) atoms. The lowest BCUT2D eigenvalue weighted by molar-refractivity contribution is -0.119. The molecule has 1 aliphatic heterocycles. The molecule has 9 nitrogen and oxygen atoms in total. The SMILES string of the molecule is COc1ccc(S(=O)(=O)N(CC(=O)NCCCN2CCCC2)c2cc(Cl)ccc2OC)cc1OC. The van der Waals surface area contributed by atoms with Gasteiger partial charge >= 0.3 is 0 Å². The number of nitrogens with zero attached hydrogens (tertiary/aromatic N) is 2. The number of sulfonamides is 1. The number of hydrogen-bond acceptors (Lipinski definition) is 7. The third kappa shape index (κ3) is 6.71. The van der Waals surface area contributed by atoms with E-state index in [2.05, 4.69) is 10.2 Å². The summed E-state index contributed by atoms with van der Waals surface area (Å²) in [6.07, 6.45) is 3.20. The Morgan fingerprint density at radius 3 is 2.31 bits per heavy atom. The molecule has 2 aromatic carbocycles. The Morgan fingerprint density at radius 1 is 1.00 bits per heavy atom. The maximum atomic E-state index is 13.8. The zero-order chi connectivity index (χ0) is 25.4. The van der Waals surface area contributed by atoms with Crippen LogP contribution in [-0.2, 0) is 14.8 Å². The highest BCUT2D eigenvalue weighted by Gasteiger charge is 2.30. The molecule has 0 aromatic heterocycles. The molecule has 1 heterocycles. The monoisotopic (exact) mass is 525 g/mol. The molecular weight excluding hydrogens is 494 g/mol. The molecule has 1 fully saturated rings. The van der Waals surface area contributed by atoms with Crippen molar-refractivity contribution in [2.75, 3.05) is 58.4 Å². The van der Waals surface area contributed by atoms with E-state index >= 15 is 0 Å². The first-order chi connectivity index (χ1) is 16.8. The molecule has 2 aromatic rings. The van der Waals surface area contributed by atoms with E-state index in [4.69, 9.17) is 25.8 Å². The highest BCUT2D eigenvalue weighted by Crippen LogP contribution is 2.36. The second kappa shape index (κ2) is 12.3. The van der Waals surface area contributed by atoms with Crippen molar-refractivity contribution in [3.05, 3.63) is 41.4 Å². The van der Waals surface area contributed by atoms with Crippen molar-refractivity contribution in [3.63, 3.8) is 0 Å². The number of anilines is 1. The van der Waals surface area contributed by atoms with Gasteiger partial charge in [-0.2, -0.15) is 0 Å². The second-order valence-corrected chi connectivity index (χ2v) is 10.4. The summed E-state index contributed by atoms with van der Waals surface area (Å²) in [6, 6.07) is 8.85. The van der Waals surface area contributed by atoms with Gasteiger partial charge in [-0.15, -0.1) is 0 Å². The smallest absolute Gasteiger partial charge is 0.265 e. The van der Waals surface area contributed by atoms with E-state index in [0.29, 0.717) is 17.3 Å². The molecule has 1 amide bonds. The summed E-state index contributed by atoms with van der Waals surface area (Å²) in [6.45, 7) is 3.07. The molecule has 0 aliphatic carbocycles. The van der Waals surface area contributed by atoms with Gasteiger partial charge in [0, 0.05) is 17.6 Å². The molecule has 192 valence electrons. The zero-order valence-electron chi connectivity index (χ0n) is 20.3. The largest absolute Gasteiger partial charge is 0.495 e. The van der Waals surface area contributed by atoms with Crippen LogP contribution in [0.3, 0.4) is 0 Å². The van der Waals surface area contributed by atoms with Crippen molar-refractivity contribution < 1.29 is 27.4 Å². The average molecular weight is 526 g/mol. The molecule has 0 spiro atoms. The van der Waals surface area contributed by atoms with Gasteiger partial charge in [0.1, 0.15) is 12.3 Å². The predicted octanol–water partition coefficient (Wildman–Crippen LogP) is 3.16. The minimum Gasteiger partial charge on any atom is -0.495 e. The van der Waals surface area contributed by atoms with Crippen LogP contribution >= 0.6 is 11.6 Å². The van der Waals surface area contributed by atoms with E-state index < -0.39 is 22.5 Å². The Kier molecular flexibility index (Phi) is 9.47. The molecule has 0 atom stereocenters. The Morgan fingerprint density at radius 2 is 1.66 bits per heavy atom. The number of rotatable bonds is 12. The average Bonchev–Trinajstić information content (AvgIpc) is 3.38. The molecule has 0 saturated carbocycles. The van der Waals surface area contributed by atoms with E-state index in [1.54, 1.807) is 12.1 Å². The fourth-order valence-electron chi connectivity index (χ4n) is 3.98. The number of nitrogens with one attached hydrogen (secondary N) is 1. The van der Waals surface area contributed by atoms with E-state index in [9.17, 15) is 13.2 Å². The first-order valence-electron chi connectivity index (χ1n) is 11.4. The van der Waals surface area contributed by atoms with Crippen LogP contribution in [0.15, 0.2) is 41.3 Å². The van der Waals surface area contributed by atoms with Gasteiger partial charge in [0.15, 0.2) is 11.5 Å². The molecule has 0 unspecified atom stereocenters. The van der Waals surface area contributed by atoms with E-state index in [-0.39, 0.29) is 22.1 Å². The molecule has 1 aliphatic rings. The van der Waals surface area contributed by atoms with Crippen LogP contribution in [0.25, 0.3) is 0 Å². The maximum absolute atomic E-state index is 13.8. The van der Waals surface area contributed by atoms with E-state index in [1.807, 2.05) is 0 Å². The Labute approximate surface area is 211 Å². The zero-order valence-corrected chi connectivity index (χ0v) is 21.8. The van der Waals surface area contributed by atoms with Gasteiger partial charge in [0.2, 0.25) is 5.91 Å². The van der Waals surface area contributed by atoms with Crippen LogP contribution in [0.4, 0.5) is 5.69 Å². The Balaban J connectivity index is 1.87. The maximum Gasteiger partial charge on any atom is 0.265 e. The third-order valence-electron chi connectivity index (χ3n) is 5.81. The molecule has 3 rings (SSSR count). The number of halogens is 1. The molecule has 0 bridgehead atoms. The van der Waals surface area contributed by atoms with Gasteiger partial charge in [-0.3, -0.25) is 9.10 Å². The number of benzene rings is 2. The highest BCUT2D eigenvalue weighted by molar-refractivity contribution is 7.92. The number of methoxy groups -OCH3 is 3. The van der Waals surface area contributed by atoms with Crippen LogP contribution < -0.4 is 23.8 Å². The van der Waals surface area contributed by atoms with Crippen molar-refractivity contribution in [1.29, 1.82) is 0 Å². The molecule has 11 heteroatoms. The molecule has 1 saturated heterocycles. The summed E-state index contributed by atoms with van der Waals surface area (Å²) in [7, 11) is 0.0931. The first kappa shape index (κ1) is 26.9. The normalized spacial score (nSPS) is 13.9. The minimum atomic E-state index is -4.21. The summed E-state index contributed by atoms with van der Waals surface area (Å²) < 4.78 is 44.4. The number of ether oxygens (including phenoxy) is 3. The lowest BCUT2D eigenvalue weighted by Crippen LogP contribution is -2.41. The van der Waals surface area contributed by atoms with Crippen molar-refractivity contribution in [3.8, 4) is 17.2 Å². The second-order valence-electron chi connectivity index (χ2n) is 8.10. The number of carbonyl (C=O) groups excluding carboxylic acids is 1.